The maximum atomic E-state index is 14.8. The van der Waals surface area contributed by atoms with Gasteiger partial charge in [0.1, 0.15) is 79.5 Å². The number of methoxy groups -OCH3 is 2. The number of aromatic nitrogens is 4. The van der Waals surface area contributed by atoms with E-state index in [0.29, 0.717) is 105 Å². The van der Waals surface area contributed by atoms with Gasteiger partial charge in [-0.3, -0.25) is 33.6 Å². The highest BCUT2D eigenvalue weighted by Gasteiger charge is 2.63. The monoisotopic (exact) mass is 1850 g/mol. The molecule has 6 aliphatic rings. The minimum Gasteiger partial charge on any atom is -0.497 e. The average Bonchev–Trinajstić information content (AvgIpc) is 1.57. The number of benzene rings is 4. The molecule has 128 heavy (non-hydrogen) atoms. The summed E-state index contributed by atoms with van der Waals surface area (Å²) >= 11 is 2.92. The molecule has 7 amide bonds. The molecule has 0 bridgehead atoms. The zero-order valence-electron chi connectivity index (χ0n) is 74.2. The summed E-state index contributed by atoms with van der Waals surface area (Å²) in [6.07, 6.45) is 14.8. The summed E-state index contributed by atoms with van der Waals surface area (Å²) in [6, 6.07) is 24.7. The third kappa shape index (κ3) is 23.8. The van der Waals surface area contributed by atoms with Crippen molar-refractivity contribution < 1.29 is 69.3 Å². The Morgan fingerprint density at radius 1 is 0.555 bits per heavy atom. The molecule has 8 aromatic rings. The molecular formula is C92H119ClN16O15S4. The molecule has 688 valence electrons. The number of nitrogens with one attached hydrogen (secondary N) is 9. The Morgan fingerprint density at radius 3 is 1.40 bits per heavy atom. The molecule has 8 heterocycles. The summed E-state index contributed by atoms with van der Waals surface area (Å²) in [5.41, 5.74) is 7.67. The number of ether oxygens (including phenoxy) is 4. The number of carbonyl (C=O) groups excluding carboxylic acids is 7. The van der Waals surface area contributed by atoms with Crippen molar-refractivity contribution >= 4 is 140 Å². The zero-order valence-corrected chi connectivity index (χ0v) is 78.3. The molecule has 4 aromatic carbocycles. The maximum Gasteiger partial charge on any atom is 0.266 e. The van der Waals surface area contributed by atoms with Crippen LogP contribution in [0, 0.1) is 23.7 Å². The largest absolute Gasteiger partial charge is 0.497 e. The SMILES string of the molecule is COc1ccc2c(O[C@@H]3C[C@@H](C(=O)N[C@]45C[C@H]4/C=C\CCCCCNc4ccccc4S(=O)(=O)NC5=O)N(C(=O)C[C@@H](N)CC(C)C)C3)cc(-c3csc(NC(C)C)n3)nc2c1.COc1ccc2c(O[C@@H]3C[C@@H](C(=O)N[C@]45C[C@H]4/C=C\CCCCCNc4ccccc4S(=O)(=O)NC5=O)N(C(=O)C[C@H](CC(C)C)NC(C)=O)C3)cc(-c3csc(NC(C)C)n3)nc2c1.Cl. The summed E-state index contributed by atoms with van der Waals surface area (Å²) in [4.78, 5) is 121. The van der Waals surface area contributed by atoms with Crippen LogP contribution in [0.2, 0.25) is 0 Å². The van der Waals surface area contributed by atoms with E-state index in [2.05, 4.69) is 46.7 Å². The number of amides is 7. The van der Waals surface area contributed by atoms with Gasteiger partial charge in [-0.25, -0.2) is 46.2 Å². The molecule has 2 saturated carbocycles. The van der Waals surface area contributed by atoms with Crippen molar-refractivity contribution in [3.05, 3.63) is 132 Å². The second-order valence-corrected chi connectivity index (χ2v) is 40.2. The van der Waals surface area contributed by atoms with Crippen LogP contribution < -0.4 is 71.3 Å². The fraction of sp³-hybridized carbons (Fsp3) is 0.489. The quantitative estimate of drug-likeness (QED) is 0.0238. The van der Waals surface area contributed by atoms with Crippen molar-refractivity contribution in [1.29, 1.82) is 0 Å². The van der Waals surface area contributed by atoms with Crippen molar-refractivity contribution in [2.45, 2.75) is 234 Å². The number of likely N-dealkylation sites (tertiary alicyclic amines) is 2. The Hall–Kier alpha value is -10.7. The molecule has 4 fully saturated rings. The number of nitrogens with two attached hydrogens (primary N) is 1. The summed E-state index contributed by atoms with van der Waals surface area (Å²) in [6.45, 7) is 18.8. The standard InChI is InChI=1S/C47H60N8O8S2.C45H58N8O7S2.ClH/c1-28(2)20-32(50-30(5)56)21-43(57)55-26-34(63-41-24-38(39-27-64-46(52-39)49-29(3)4)51-37-22-33(62-6)17-18-35(37)41)23-40(55)44(58)53-47-25-31(47)14-10-8-7-9-13-19-48-36-15-11-12-16-42(36)65(60,61)54-45(47)59;1-27(2)19-30(46)20-41(54)53-25-32(60-39-23-36(37-26-61-44(50-37)48-28(3)4)49-35-21-31(59-5)16-17-33(35)39)22-38(53)42(55)51-45-24-29(45)13-9-7-6-8-12-18-47-34-14-10-11-15-40(34)62(57,58)52-43(45)56;/h10-12,14-18,22,24,27-29,31-32,34,40,48H,7-9,13,19-21,23,25-26H2,1-6H3,(H,49,52)(H,50,56)(H,53,58)(H,54,59);9-11,13-17,21,23,26-30,32,38,47H,6-8,12,18-20,22,24-25,46H2,1-5H3,(H,48,50)(H,51,55)(H,52,56);1H/b14-10-;13-9-;/t31-,32+,34-,40+,47-;29-,30+,32-,38+,45-;/m11./s1. The highest BCUT2D eigenvalue weighted by molar-refractivity contribution is 7.90. The Morgan fingerprint density at radius 2 is 0.984 bits per heavy atom. The van der Waals surface area contributed by atoms with Crippen LogP contribution in [0.5, 0.6) is 23.0 Å². The first-order valence-corrected chi connectivity index (χ1v) is 48.6. The number of carbonyl (C=O) groups is 7. The van der Waals surface area contributed by atoms with Crippen molar-refractivity contribution in [1.82, 2.24) is 55.1 Å². The molecule has 4 aromatic heterocycles. The number of para-hydroxylation sites is 2. The fourth-order valence-corrected chi connectivity index (χ4v) is 21.1. The Kier molecular flexibility index (Phi) is 31.8. The van der Waals surface area contributed by atoms with E-state index in [1.165, 1.54) is 51.5 Å². The third-order valence-electron chi connectivity index (χ3n) is 23.3. The molecule has 2 saturated heterocycles. The number of hydrogen-bond acceptors (Lipinski definition) is 26. The Bertz CT molecular complexity index is 5650. The molecule has 14 rings (SSSR count). The van der Waals surface area contributed by atoms with Gasteiger partial charge in [0.25, 0.3) is 31.9 Å². The van der Waals surface area contributed by atoms with Gasteiger partial charge in [0.15, 0.2) is 10.3 Å². The smallest absolute Gasteiger partial charge is 0.266 e. The number of halogens is 1. The second kappa shape index (κ2) is 42.2. The highest BCUT2D eigenvalue weighted by atomic mass is 35.5. The van der Waals surface area contributed by atoms with Gasteiger partial charge in [0, 0.05) is 127 Å². The van der Waals surface area contributed by atoms with E-state index in [-0.39, 0.29) is 115 Å². The van der Waals surface area contributed by atoms with Crippen LogP contribution in [-0.2, 0) is 53.6 Å². The van der Waals surface area contributed by atoms with Gasteiger partial charge < -0.3 is 71.7 Å². The molecule has 2 aliphatic carbocycles. The van der Waals surface area contributed by atoms with Gasteiger partial charge in [0.05, 0.1) is 61.1 Å². The highest BCUT2D eigenvalue weighted by Crippen LogP contribution is 2.48. The first kappa shape index (κ1) is 96.4. The van der Waals surface area contributed by atoms with Crippen molar-refractivity contribution in [2.75, 3.05) is 61.7 Å². The number of hydrogen-bond donors (Lipinski definition) is 10. The lowest BCUT2D eigenvalue weighted by molar-refractivity contribution is -0.140. The minimum absolute atomic E-state index is 0. The topological polar surface area (TPSA) is 417 Å². The van der Waals surface area contributed by atoms with Crippen LogP contribution in [0.25, 0.3) is 44.6 Å². The lowest BCUT2D eigenvalue weighted by atomic mass is 10.00. The number of thiazole rings is 2. The Labute approximate surface area is 762 Å². The molecule has 10 atom stereocenters. The van der Waals surface area contributed by atoms with Crippen LogP contribution in [0.4, 0.5) is 21.6 Å². The molecule has 11 N–H and O–H groups in total. The molecule has 4 aliphatic heterocycles. The summed E-state index contributed by atoms with van der Waals surface area (Å²) in [5, 5.41) is 28.6. The van der Waals surface area contributed by atoms with Gasteiger partial charge >= 0.3 is 0 Å². The van der Waals surface area contributed by atoms with Gasteiger partial charge in [-0.1, -0.05) is 89.1 Å². The average molecular weight is 1850 g/mol. The van der Waals surface area contributed by atoms with Crippen LogP contribution in [0.15, 0.2) is 142 Å². The Balaban J connectivity index is 0.000000231. The van der Waals surface area contributed by atoms with E-state index in [1.54, 1.807) is 68.8 Å². The van der Waals surface area contributed by atoms with E-state index in [0.717, 1.165) is 61.6 Å². The lowest BCUT2D eigenvalue weighted by Gasteiger charge is -2.28. The molecule has 0 radical (unpaired) electrons. The zero-order chi connectivity index (χ0) is 90.7. The summed E-state index contributed by atoms with van der Waals surface area (Å²) < 4.78 is 84.5. The molecule has 0 spiro atoms. The van der Waals surface area contributed by atoms with Crippen molar-refractivity contribution in [3.63, 3.8) is 0 Å². The minimum atomic E-state index is -4.38. The van der Waals surface area contributed by atoms with Gasteiger partial charge in [-0.2, -0.15) is 0 Å². The number of rotatable bonds is 25. The fourth-order valence-electron chi connectivity index (χ4n) is 16.9. The first-order chi connectivity index (χ1) is 60.7. The van der Waals surface area contributed by atoms with Crippen LogP contribution in [-0.4, -0.2) is 188 Å². The van der Waals surface area contributed by atoms with Gasteiger partial charge in [-0.05, 0) is 152 Å². The van der Waals surface area contributed by atoms with Crippen LogP contribution in [0.3, 0.4) is 0 Å². The predicted octanol–water partition coefficient (Wildman–Crippen LogP) is 13.0. The van der Waals surface area contributed by atoms with Crippen molar-refractivity contribution in [3.8, 4) is 45.8 Å². The van der Waals surface area contributed by atoms with E-state index >= 15 is 0 Å². The van der Waals surface area contributed by atoms with Crippen LogP contribution in [0.1, 0.15) is 165 Å². The summed E-state index contributed by atoms with van der Waals surface area (Å²) in [7, 11) is -5.57. The maximum absolute atomic E-state index is 14.8. The number of sulfonamides is 2. The first-order valence-electron chi connectivity index (χ1n) is 43.9. The molecular weight excluding hydrogens is 1730 g/mol. The van der Waals surface area contributed by atoms with E-state index in [9.17, 15) is 50.4 Å². The number of allylic oxidation sites excluding steroid dienone is 2. The second-order valence-electron chi connectivity index (χ2n) is 35.2. The molecule has 36 heteroatoms. The van der Waals surface area contributed by atoms with Crippen LogP contribution >= 0.6 is 35.1 Å². The van der Waals surface area contributed by atoms with E-state index in [4.69, 9.17) is 44.6 Å². The van der Waals surface area contributed by atoms with E-state index in [1.807, 2.05) is 121 Å². The van der Waals surface area contributed by atoms with E-state index < -0.39 is 103 Å². The summed E-state index contributed by atoms with van der Waals surface area (Å²) in [5.74, 6) is -2.26. The predicted molar refractivity (Wildman–Crippen MR) is 500 cm³/mol. The van der Waals surface area contributed by atoms with Gasteiger partial charge in [0.2, 0.25) is 29.5 Å². The molecule has 0 unspecified atom stereocenters. The third-order valence-corrected chi connectivity index (χ3v) is 27.6. The number of pyridine rings is 2. The van der Waals surface area contributed by atoms with Gasteiger partial charge in [-0.15, -0.1) is 35.1 Å². The number of fused-ring (bicyclic) bond motifs is 6. The molecule has 31 nitrogen and oxygen atoms in total. The number of anilines is 4. The number of nitrogens with zero attached hydrogens (tertiary/aromatic N) is 6. The van der Waals surface area contributed by atoms with Crippen molar-refractivity contribution in [2.24, 2.45) is 29.4 Å². The normalized spacial score (nSPS) is 23.0. The lowest BCUT2D eigenvalue weighted by Crippen LogP contribution is -2.56.